The third-order valence-electron chi connectivity index (χ3n) is 12.2. The number of carbonyl (C=O) groups is 9. The minimum absolute atomic E-state index is 0.0364. The Morgan fingerprint density at radius 3 is 1.11 bits per heavy atom. The largest absolute Gasteiger partial charge is 0.519 e. The molecule has 10 amide bonds. The van der Waals surface area contributed by atoms with E-state index >= 15 is 0 Å². The first kappa shape index (κ1) is 57.8. The van der Waals surface area contributed by atoms with Crippen LogP contribution in [0.1, 0.15) is 118 Å². The summed E-state index contributed by atoms with van der Waals surface area (Å²) in [6.07, 6.45) is -0.284. The summed E-state index contributed by atoms with van der Waals surface area (Å²) in [5.41, 5.74) is -1.51. The Morgan fingerprint density at radius 1 is 0.474 bits per heavy atom. The van der Waals surface area contributed by atoms with Gasteiger partial charge in [0.25, 0.3) is 17.7 Å². The number of nitrogens with one attached hydrogen (secondary N) is 5. The fourth-order valence-corrected chi connectivity index (χ4v) is 8.59. The third-order valence-corrected chi connectivity index (χ3v) is 12.2. The summed E-state index contributed by atoms with van der Waals surface area (Å²) < 4.78 is 36.3. The van der Waals surface area contributed by atoms with E-state index in [0.29, 0.717) is 45.5 Å². The van der Waals surface area contributed by atoms with Crippen LogP contribution in [0, 0.1) is 0 Å². The molecule has 3 spiro atoms. The zero-order chi connectivity index (χ0) is 55.7. The predicted molar refractivity (Wildman–Crippen MR) is 269 cm³/mol. The van der Waals surface area contributed by atoms with Crippen molar-refractivity contribution in [2.45, 2.75) is 172 Å². The molecule has 410 valence electrons. The Kier molecular flexibility index (Phi) is 18.0. The van der Waals surface area contributed by atoms with Crippen molar-refractivity contribution in [1.29, 1.82) is 0 Å². The SMILES string of the molecule is CC(C)(C)OC(=O)N1C(=O)NC(=O)C12CC(OCc1ccccc1)C2.CC(C)(C)OC(=O)OC(=O)OC(C)(C)C.O=C1NC(=O)C2(CC(OCc3ccccc3)C2)N1.O=C1NC(=O)C2(CC(OCc3ccccc3)C2)N1. The molecule has 3 aliphatic carbocycles. The summed E-state index contributed by atoms with van der Waals surface area (Å²) in [7, 11) is 0. The van der Waals surface area contributed by atoms with E-state index in [4.69, 9.17) is 28.4 Å². The first-order chi connectivity index (χ1) is 35.6. The lowest BCUT2D eigenvalue weighted by atomic mass is 9.73. The van der Waals surface area contributed by atoms with Gasteiger partial charge in [-0.2, -0.15) is 0 Å². The Balaban J connectivity index is 0.000000168. The number of benzene rings is 3. The van der Waals surface area contributed by atoms with Gasteiger partial charge in [-0.1, -0.05) is 91.0 Å². The lowest BCUT2D eigenvalue weighted by molar-refractivity contribution is -0.143. The van der Waals surface area contributed by atoms with Gasteiger partial charge in [-0.15, -0.1) is 0 Å². The van der Waals surface area contributed by atoms with E-state index in [1.165, 1.54) is 0 Å². The van der Waals surface area contributed by atoms with E-state index in [1.54, 1.807) is 62.3 Å². The summed E-state index contributed by atoms with van der Waals surface area (Å²) in [4.78, 5) is 105. The normalized spacial score (nSPS) is 25.0. The molecule has 9 rings (SSSR count). The van der Waals surface area contributed by atoms with Gasteiger partial charge in [0.2, 0.25) is 0 Å². The van der Waals surface area contributed by atoms with E-state index in [2.05, 4.69) is 31.3 Å². The van der Waals surface area contributed by atoms with Crippen molar-refractivity contribution in [3.05, 3.63) is 108 Å². The van der Waals surface area contributed by atoms with Gasteiger partial charge in [0, 0.05) is 38.5 Å². The number of carbonyl (C=O) groups excluding carboxylic acids is 9. The van der Waals surface area contributed by atoms with Crippen LogP contribution in [0.4, 0.5) is 28.8 Å². The molecular weight excluding hydrogens is 989 g/mol. The molecule has 0 unspecified atom stereocenters. The number of hydrogen-bond donors (Lipinski definition) is 5. The average Bonchev–Trinajstić information content (AvgIpc) is 3.86. The Bertz CT molecular complexity index is 2480. The molecule has 0 bridgehead atoms. The molecule has 22 nitrogen and oxygen atoms in total. The molecule has 0 atom stereocenters. The van der Waals surface area contributed by atoms with Gasteiger partial charge in [0.15, 0.2) is 0 Å². The van der Waals surface area contributed by atoms with Crippen molar-refractivity contribution >= 4 is 54.2 Å². The highest BCUT2D eigenvalue weighted by Gasteiger charge is 2.64. The molecule has 6 aliphatic rings. The minimum Gasteiger partial charge on any atom is -0.443 e. The van der Waals surface area contributed by atoms with E-state index < -0.39 is 75.8 Å². The molecule has 0 radical (unpaired) electrons. The van der Waals surface area contributed by atoms with Crippen molar-refractivity contribution in [2.75, 3.05) is 0 Å². The highest BCUT2D eigenvalue weighted by molar-refractivity contribution is 6.13. The summed E-state index contributed by atoms with van der Waals surface area (Å²) in [6, 6.07) is 27.9. The molecule has 0 aromatic heterocycles. The molecule has 3 aliphatic heterocycles. The fourth-order valence-electron chi connectivity index (χ4n) is 8.59. The van der Waals surface area contributed by atoms with Gasteiger partial charge in [-0.3, -0.25) is 30.3 Å². The molecule has 22 heteroatoms. The number of hydrogen-bond acceptors (Lipinski definition) is 16. The maximum Gasteiger partial charge on any atom is 0.519 e. The van der Waals surface area contributed by atoms with Gasteiger partial charge >= 0.3 is 36.5 Å². The number of ether oxygens (including phenoxy) is 7. The number of imide groups is 4. The zero-order valence-electron chi connectivity index (χ0n) is 44.2. The zero-order valence-corrected chi connectivity index (χ0v) is 44.2. The van der Waals surface area contributed by atoms with Crippen molar-refractivity contribution in [1.82, 2.24) is 31.5 Å². The second-order valence-corrected chi connectivity index (χ2v) is 22.1. The number of amides is 10. The average molecular weight is 1060 g/mol. The lowest BCUT2D eigenvalue weighted by Crippen LogP contribution is -2.63. The Morgan fingerprint density at radius 2 is 0.803 bits per heavy atom. The van der Waals surface area contributed by atoms with Crippen LogP contribution in [0.25, 0.3) is 0 Å². The van der Waals surface area contributed by atoms with E-state index in [0.717, 1.165) is 21.6 Å². The number of rotatable bonds is 9. The molecule has 5 N–H and O–H groups in total. The van der Waals surface area contributed by atoms with Crippen molar-refractivity contribution in [3.63, 3.8) is 0 Å². The van der Waals surface area contributed by atoms with Gasteiger partial charge in [0.05, 0.1) is 38.1 Å². The highest BCUT2D eigenvalue weighted by Crippen LogP contribution is 2.44. The van der Waals surface area contributed by atoms with Crippen LogP contribution in [0.3, 0.4) is 0 Å². The fraction of sp³-hybridized carbons (Fsp3) is 0.500. The second-order valence-electron chi connectivity index (χ2n) is 22.1. The Hall–Kier alpha value is -7.43. The Labute approximate surface area is 440 Å². The second kappa shape index (κ2) is 23.6. The van der Waals surface area contributed by atoms with E-state index in [1.807, 2.05) is 91.0 Å². The molecular formula is C54H68N6O16. The van der Waals surface area contributed by atoms with Crippen LogP contribution >= 0.6 is 0 Å². The van der Waals surface area contributed by atoms with Gasteiger partial charge in [-0.05, 0) is 79.0 Å². The maximum atomic E-state index is 12.4. The van der Waals surface area contributed by atoms with Gasteiger partial charge < -0.3 is 43.8 Å². The van der Waals surface area contributed by atoms with Crippen LogP contribution in [0.15, 0.2) is 91.0 Å². The molecule has 3 saturated heterocycles. The molecule has 3 heterocycles. The standard InChI is InChI=1S/C18H22N2O5.2C13H14N2O3.C10H18O5/c1-17(2,3)25-16(23)20-15(22)19-14(21)18(20)9-13(10-18)24-11-12-7-5-4-6-8-12;2*16-11-13(15-12(17)14-11)6-10(7-13)18-8-9-4-2-1-3-5-9;1-9(2,3)14-7(11)13-8(12)15-10(4,5)6/h4-8,13H,9-11H2,1-3H3,(H,19,21,22);2*1-5,10H,6-8H2,(H2,14,15,16,17);1-6H3. The first-order valence-corrected chi connectivity index (χ1v) is 24.8. The third kappa shape index (κ3) is 15.8. The van der Waals surface area contributed by atoms with E-state index in [-0.39, 0.29) is 43.0 Å². The molecule has 6 fully saturated rings. The lowest BCUT2D eigenvalue weighted by Gasteiger charge is -2.46. The highest BCUT2D eigenvalue weighted by atomic mass is 16.8. The number of urea groups is 3. The number of nitrogens with zero attached hydrogens (tertiary/aromatic N) is 1. The minimum atomic E-state index is -1.19. The summed E-state index contributed by atoms with van der Waals surface area (Å²) >= 11 is 0. The van der Waals surface area contributed by atoms with Gasteiger partial charge in [-0.25, -0.2) is 33.7 Å². The first-order valence-electron chi connectivity index (χ1n) is 24.8. The quantitative estimate of drug-likeness (QED) is 0.0606. The summed E-state index contributed by atoms with van der Waals surface area (Å²) in [5, 5.41) is 12.1. The van der Waals surface area contributed by atoms with Crippen molar-refractivity contribution in [2.24, 2.45) is 0 Å². The molecule has 3 saturated carbocycles. The van der Waals surface area contributed by atoms with Crippen LogP contribution in [-0.4, -0.2) is 111 Å². The van der Waals surface area contributed by atoms with Gasteiger partial charge in [0.1, 0.15) is 33.4 Å². The monoisotopic (exact) mass is 1060 g/mol. The van der Waals surface area contributed by atoms with E-state index in [9.17, 15) is 43.2 Å². The maximum absolute atomic E-state index is 12.4. The van der Waals surface area contributed by atoms with Crippen molar-refractivity contribution < 1.29 is 76.3 Å². The van der Waals surface area contributed by atoms with Crippen LogP contribution in [-0.2, 0) is 67.4 Å². The molecule has 3 aromatic carbocycles. The smallest absolute Gasteiger partial charge is 0.443 e. The summed E-state index contributed by atoms with van der Waals surface area (Å²) in [6.45, 7) is 16.6. The predicted octanol–water partition coefficient (Wildman–Crippen LogP) is 7.35. The van der Waals surface area contributed by atoms with Crippen molar-refractivity contribution in [3.8, 4) is 0 Å². The molecule has 76 heavy (non-hydrogen) atoms. The van der Waals surface area contributed by atoms with Crippen LogP contribution in [0.2, 0.25) is 0 Å². The topological polar surface area (TPSA) is 282 Å². The van der Waals surface area contributed by atoms with Crippen LogP contribution < -0.4 is 26.6 Å². The summed E-state index contributed by atoms with van der Waals surface area (Å²) in [5.74, 6) is -0.929. The van der Waals surface area contributed by atoms with Crippen LogP contribution in [0.5, 0.6) is 0 Å². The molecule has 3 aromatic rings.